The van der Waals surface area contributed by atoms with Crippen LogP contribution >= 0.6 is 0 Å². The van der Waals surface area contributed by atoms with Crippen LogP contribution in [0, 0.1) is 0 Å². The first-order valence-corrected chi connectivity index (χ1v) is 7.96. The molecule has 0 N–H and O–H groups in total. The summed E-state index contributed by atoms with van der Waals surface area (Å²) < 4.78 is 5.21. The molecule has 2 aromatic carbocycles. The molecule has 2 aliphatic rings. The molecule has 0 saturated heterocycles. The van der Waals surface area contributed by atoms with Crippen LogP contribution in [0.2, 0.25) is 0 Å². The maximum atomic E-state index is 12.6. The molecule has 1 atom stereocenters. The fourth-order valence-corrected chi connectivity index (χ4v) is 3.36. The molecule has 25 heavy (non-hydrogen) atoms. The number of aryl methyl sites for hydroxylation is 1. The number of amides is 2. The van der Waals surface area contributed by atoms with Crippen molar-refractivity contribution in [3.8, 4) is 5.75 Å². The summed E-state index contributed by atoms with van der Waals surface area (Å²) in [7, 11) is 1.56. The van der Waals surface area contributed by atoms with Gasteiger partial charge in [-0.3, -0.25) is 9.59 Å². The SMILES string of the molecule is COc1ccc2c(c1)C(C(=O)ON1C(=O)c3ccccc3C1=O)CC2. The average Bonchev–Trinajstić information content (AvgIpc) is 3.16. The topological polar surface area (TPSA) is 72.9 Å². The smallest absolute Gasteiger partial charge is 0.340 e. The van der Waals surface area contributed by atoms with Crippen molar-refractivity contribution in [1.82, 2.24) is 5.06 Å². The number of rotatable bonds is 3. The lowest BCUT2D eigenvalue weighted by atomic mass is 10.0. The van der Waals surface area contributed by atoms with Gasteiger partial charge in [-0.15, -0.1) is 0 Å². The number of fused-ring (bicyclic) bond motifs is 2. The number of nitrogens with zero attached hydrogens (tertiary/aromatic N) is 1. The molecule has 0 fully saturated rings. The lowest BCUT2D eigenvalue weighted by Gasteiger charge is -2.16. The van der Waals surface area contributed by atoms with Crippen molar-refractivity contribution in [3.63, 3.8) is 0 Å². The van der Waals surface area contributed by atoms with Crippen molar-refractivity contribution in [2.45, 2.75) is 18.8 Å². The molecule has 0 saturated carbocycles. The highest BCUT2D eigenvalue weighted by Gasteiger charge is 2.41. The normalized spacial score (nSPS) is 18.1. The minimum absolute atomic E-state index is 0.244. The molecule has 6 nitrogen and oxygen atoms in total. The van der Waals surface area contributed by atoms with Crippen LogP contribution in [-0.4, -0.2) is 30.0 Å². The third-order valence-corrected chi connectivity index (χ3v) is 4.65. The summed E-state index contributed by atoms with van der Waals surface area (Å²) in [6.07, 6.45) is 1.31. The second-order valence-electron chi connectivity index (χ2n) is 6.02. The van der Waals surface area contributed by atoms with Gasteiger partial charge < -0.3 is 9.57 Å². The Balaban J connectivity index is 1.57. The molecule has 126 valence electrons. The van der Waals surface area contributed by atoms with Gasteiger partial charge in [0, 0.05) is 0 Å². The van der Waals surface area contributed by atoms with E-state index in [4.69, 9.17) is 9.57 Å². The molecule has 0 aromatic heterocycles. The molecule has 0 bridgehead atoms. The number of ether oxygens (including phenoxy) is 1. The van der Waals surface area contributed by atoms with Crippen molar-refractivity contribution in [2.75, 3.05) is 7.11 Å². The van der Waals surface area contributed by atoms with Gasteiger partial charge >= 0.3 is 5.97 Å². The van der Waals surface area contributed by atoms with Crippen LogP contribution in [-0.2, 0) is 16.1 Å². The van der Waals surface area contributed by atoms with E-state index in [0.29, 0.717) is 17.2 Å². The monoisotopic (exact) mass is 337 g/mol. The Hall–Kier alpha value is -3.15. The Labute approximate surface area is 143 Å². The largest absolute Gasteiger partial charge is 0.497 e. The van der Waals surface area contributed by atoms with Gasteiger partial charge in [0.1, 0.15) is 5.75 Å². The second kappa shape index (κ2) is 5.73. The van der Waals surface area contributed by atoms with Crippen LogP contribution in [0.5, 0.6) is 5.75 Å². The van der Waals surface area contributed by atoms with Crippen LogP contribution in [0.15, 0.2) is 42.5 Å². The van der Waals surface area contributed by atoms with E-state index >= 15 is 0 Å². The highest BCUT2D eigenvalue weighted by molar-refractivity contribution is 6.20. The lowest BCUT2D eigenvalue weighted by Crippen LogP contribution is -2.34. The van der Waals surface area contributed by atoms with E-state index in [0.717, 1.165) is 17.5 Å². The first-order chi connectivity index (χ1) is 12.1. The van der Waals surface area contributed by atoms with Crippen molar-refractivity contribution in [1.29, 1.82) is 0 Å². The zero-order valence-electron chi connectivity index (χ0n) is 13.5. The van der Waals surface area contributed by atoms with Gasteiger partial charge in [0.15, 0.2) is 0 Å². The Morgan fingerprint density at radius 1 is 1.08 bits per heavy atom. The van der Waals surface area contributed by atoms with Gasteiger partial charge in [-0.25, -0.2) is 4.79 Å². The van der Waals surface area contributed by atoms with E-state index < -0.39 is 23.7 Å². The summed E-state index contributed by atoms with van der Waals surface area (Å²) in [5.41, 5.74) is 2.36. The number of hydroxylamine groups is 2. The third kappa shape index (κ3) is 2.38. The second-order valence-corrected chi connectivity index (χ2v) is 6.02. The fourth-order valence-electron chi connectivity index (χ4n) is 3.36. The quantitative estimate of drug-likeness (QED) is 0.805. The highest BCUT2D eigenvalue weighted by Crippen LogP contribution is 2.37. The summed E-state index contributed by atoms with van der Waals surface area (Å²) in [6.45, 7) is 0. The number of imide groups is 1. The van der Waals surface area contributed by atoms with Crippen LogP contribution < -0.4 is 4.74 Å². The van der Waals surface area contributed by atoms with Crippen LogP contribution in [0.3, 0.4) is 0 Å². The molecular formula is C19H15NO5. The van der Waals surface area contributed by atoms with Gasteiger partial charge in [-0.2, -0.15) is 0 Å². The van der Waals surface area contributed by atoms with E-state index in [2.05, 4.69) is 0 Å². The maximum absolute atomic E-state index is 12.6. The van der Waals surface area contributed by atoms with Gasteiger partial charge in [-0.1, -0.05) is 23.3 Å². The molecule has 1 aliphatic heterocycles. The Morgan fingerprint density at radius 3 is 2.40 bits per heavy atom. The predicted octanol–water partition coefficient (Wildman–Crippen LogP) is 2.48. The Kier molecular flexibility index (Phi) is 3.53. The first kappa shape index (κ1) is 15.4. The molecule has 1 heterocycles. The standard InChI is InChI=1S/C19H15NO5/c1-24-12-8-6-11-7-9-15(16(11)10-12)19(23)25-20-17(21)13-4-2-3-5-14(13)18(20)22/h2-6,8,10,15H,7,9H2,1H3. The van der Waals surface area contributed by atoms with Crippen molar-refractivity contribution < 1.29 is 24.0 Å². The van der Waals surface area contributed by atoms with E-state index in [1.165, 1.54) is 0 Å². The van der Waals surface area contributed by atoms with Crippen LogP contribution in [0.25, 0.3) is 0 Å². The third-order valence-electron chi connectivity index (χ3n) is 4.65. The molecule has 1 aliphatic carbocycles. The Bertz CT molecular complexity index is 869. The average molecular weight is 337 g/mol. The molecule has 1 unspecified atom stereocenters. The summed E-state index contributed by atoms with van der Waals surface area (Å²) in [4.78, 5) is 42.4. The molecule has 0 radical (unpaired) electrons. The zero-order valence-corrected chi connectivity index (χ0v) is 13.5. The summed E-state index contributed by atoms with van der Waals surface area (Å²) >= 11 is 0. The van der Waals surface area contributed by atoms with Crippen molar-refractivity contribution in [2.24, 2.45) is 0 Å². The van der Waals surface area contributed by atoms with E-state index in [1.54, 1.807) is 37.4 Å². The predicted molar refractivity (Wildman–Crippen MR) is 87.1 cm³/mol. The van der Waals surface area contributed by atoms with E-state index in [9.17, 15) is 14.4 Å². The molecular weight excluding hydrogens is 322 g/mol. The number of carbonyl (C=O) groups is 3. The highest BCUT2D eigenvalue weighted by atomic mass is 16.7. The minimum Gasteiger partial charge on any atom is -0.497 e. The van der Waals surface area contributed by atoms with Crippen LogP contribution in [0.4, 0.5) is 0 Å². The van der Waals surface area contributed by atoms with Crippen molar-refractivity contribution >= 4 is 17.8 Å². The fraction of sp³-hybridized carbons (Fsp3) is 0.211. The van der Waals surface area contributed by atoms with Gasteiger partial charge in [-0.05, 0) is 48.2 Å². The lowest BCUT2D eigenvalue weighted by molar-refractivity contribution is -0.170. The summed E-state index contributed by atoms with van der Waals surface area (Å²) in [5, 5.41) is 0.561. The molecule has 6 heteroatoms. The number of hydrogen-bond donors (Lipinski definition) is 0. The first-order valence-electron chi connectivity index (χ1n) is 7.96. The number of benzene rings is 2. The number of methoxy groups -OCH3 is 1. The van der Waals surface area contributed by atoms with Crippen LogP contribution in [0.1, 0.15) is 44.2 Å². The molecule has 0 spiro atoms. The van der Waals surface area contributed by atoms with E-state index in [1.807, 2.05) is 12.1 Å². The van der Waals surface area contributed by atoms with Gasteiger partial charge in [0.2, 0.25) is 0 Å². The number of hydrogen-bond acceptors (Lipinski definition) is 5. The molecule has 2 amide bonds. The minimum atomic E-state index is -0.613. The van der Waals surface area contributed by atoms with Gasteiger partial charge in [0.05, 0.1) is 24.2 Å². The summed E-state index contributed by atoms with van der Waals surface area (Å²) in [6, 6.07) is 12.0. The van der Waals surface area contributed by atoms with Crippen molar-refractivity contribution in [3.05, 3.63) is 64.7 Å². The Morgan fingerprint density at radius 2 is 1.76 bits per heavy atom. The summed E-state index contributed by atoms with van der Waals surface area (Å²) in [5.74, 6) is -1.70. The van der Waals surface area contributed by atoms with Gasteiger partial charge in [0.25, 0.3) is 11.8 Å². The number of carbonyl (C=O) groups excluding carboxylic acids is 3. The zero-order chi connectivity index (χ0) is 17.6. The molecule has 2 aromatic rings. The maximum Gasteiger partial charge on any atom is 0.340 e. The van der Waals surface area contributed by atoms with E-state index in [-0.39, 0.29) is 11.1 Å². The molecule has 4 rings (SSSR count).